The molecule has 2 atom stereocenters. The van der Waals surface area contributed by atoms with E-state index < -0.39 is 79.3 Å². The first kappa shape index (κ1) is 32.3. The van der Waals surface area contributed by atoms with E-state index in [9.17, 15) is 31.5 Å². The number of carbonyl (C=O) groups is 2. The van der Waals surface area contributed by atoms with Crippen molar-refractivity contribution in [3.63, 3.8) is 0 Å². The predicted octanol–water partition coefficient (Wildman–Crippen LogP) is 5.77. The van der Waals surface area contributed by atoms with Crippen LogP contribution in [0.2, 0.25) is 0 Å². The zero-order chi connectivity index (χ0) is 31.7. The summed E-state index contributed by atoms with van der Waals surface area (Å²) in [4.78, 5) is 37.3. The SMILES string of the molecule is CC(C)n1ncnc1C(=O)N[C@H](c1nc2c(F)c([C@@H](CC(F)F)C(=O)NCC(C)(C)F)ccc2[nH]1)C1CCC(F)(F)CC1. The highest BCUT2D eigenvalue weighted by Gasteiger charge is 2.40. The Morgan fingerprint density at radius 2 is 1.86 bits per heavy atom. The van der Waals surface area contributed by atoms with Gasteiger partial charge in [0.1, 0.15) is 23.3 Å². The Kier molecular flexibility index (Phi) is 9.40. The van der Waals surface area contributed by atoms with Crippen LogP contribution in [0, 0.1) is 11.7 Å². The van der Waals surface area contributed by atoms with Gasteiger partial charge in [-0.25, -0.2) is 41.0 Å². The molecule has 0 aliphatic heterocycles. The summed E-state index contributed by atoms with van der Waals surface area (Å²) in [5.74, 6) is -7.58. The molecular formula is C28H35F6N7O2. The highest BCUT2D eigenvalue weighted by molar-refractivity contribution is 5.91. The largest absolute Gasteiger partial charge is 0.352 e. The Morgan fingerprint density at radius 3 is 2.47 bits per heavy atom. The van der Waals surface area contributed by atoms with Gasteiger partial charge in [0.2, 0.25) is 24.1 Å². The van der Waals surface area contributed by atoms with E-state index in [-0.39, 0.29) is 47.1 Å². The Morgan fingerprint density at radius 1 is 1.19 bits per heavy atom. The minimum atomic E-state index is -2.96. The Balaban J connectivity index is 1.70. The minimum absolute atomic E-state index is 0.0111. The van der Waals surface area contributed by atoms with E-state index >= 15 is 4.39 Å². The maximum absolute atomic E-state index is 15.9. The minimum Gasteiger partial charge on any atom is -0.352 e. The van der Waals surface area contributed by atoms with Crippen molar-refractivity contribution in [3.05, 3.63) is 41.5 Å². The number of hydrogen-bond acceptors (Lipinski definition) is 5. The molecule has 2 heterocycles. The molecule has 0 saturated heterocycles. The maximum Gasteiger partial charge on any atom is 0.289 e. The summed E-state index contributed by atoms with van der Waals surface area (Å²) in [7, 11) is 0. The number of aromatic nitrogens is 5. The average Bonchev–Trinajstić information content (AvgIpc) is 3.57. The lowest BCUT2D eigenvalue weighted by Crippen LogP contribution is -2.39. The van der Waals surface area contributed by atoms with E-state index in [1.807, 2.05) is 0 Å². The van der Waals surface area contributed by atoms with Gasteiger partial charge in [0.15, 0.2) is 5.82 Å². The van der Waals surface area contributed by atoms with Gasteiger partial charge < -0.3 is 15.6 Å². The fraction of sp³-hybridized carbons (Fsp3) is 0.607. The number of nitrogens with zero attached hydrogens (tertiary/aromatic N) is 4. The van der Waals surface area contributed by atoms with Crippen LogP contribution < -0.4 is 10.6 Å². The molecule has 2 aromatic heterocycles. The number of alkyl halides is 5. The third kappa shape index (κ3) is 7.66. The van der Waals surface area contributed by atoms with E-state index in [0.717, 1.165) is 0 Å². The van der Waals surface area contributed by atoms with Gasteiger partial charge in [0, 0.05) is 30.9 Å². The number of hydrogen-bond donors (Lipinski definition) is 3. The third-order valence-corrected chi connectivity index (χ3v) is 7.51. The van der Waals surface area contributed by atoms with Gasteiger partial charge in [-0.1, -0.05) is 6.07 Å². The second-order valence-electron chi connectivity index (χ2n) is 11.9. The van der Waals surface area contributed by atoms with E-state index in [1.165, 1.54) is 37.0 Å². The summed E-state index contributed by atoms with van der Waals surface area (Å²) in [6.07, 6.45) is -3.50. The number of imidazole rings is 1. The van der Waals surface area contributed by atoms with Crippen LogP contribution in [0.1, 0.15) is 99.8 Å². The van der Waals surface area contributed by atoms with Gasteiger partial charge in [0.25, 0.3) is 5.91 Å². The molecule has 0 radical (unpaired) electrons. The number of amides is 2. The summed E-state index contributed by atoms with van der Waals surface area (Å²) in [6, 6.07) is 1.37. The zero-order valence-corrected chi connectivity index (χ0v) is 24.2. The highest BCUT2D eigenvalue weighted by Crippen LogP contribution is 2.41. The topological polar surface area (TPSA) is 118 Å². The fourth-order valence-electron chi connectivity index (χ4n) is 5.27. The van der Waals surface area contributed by atoms with Crippen molar-refractivity contribution in [1.29, 1.82) is 0 Å². The van der Waals surface area contributed by atoms with Crippen LogP contribution in [-0.4, -0.2) is 61.1 Å². The van der Waals surface area contributed by atoms with Gasteiger partial charge in [-0.3, -0.25) is 9.59 Å². The van der Waals surface area contributed by atoms with Gasteiger partial charge >= 0.3 is 0 Å². The summed E-state index contributed by atoms with van der Waals surface area (Å²) in [6.45, 7) is 5.53. The first-order chi connectivity index (χ1) is 20.1. The lowest BCUT2D eigenvalue weighted by Gasteiger charge is -2.33. The predicted molar refractivity (Wildman–Crippen MR) is 145 cm³/mol. The van der Waals surface area contributed by atoms with Crippen molar-refractivity contribution in [1.82, 2.24) is 35.4 Å². The van der Waals surface area contributed by atoms with E-state index in [1.54, 1.807) is 13.8 Å². The lowest BCUT2D eigenvalue weighted by molar-refractivity contribution is -0.124. The third-order valence-electron chi connectivity index (χ3n) is 7.51. The van der Waals surface area contributed by atoms with E-state index in [0.29, 0.717) is 0 Å². The van der Waals surface area contributed by atoms with Crippen LogP contribution in [0.25, 0.3) is 11.0 Å². The highest BCUT2D eigenvalue weighted by atomic mass is 19.3. The number of rotatable bonds is 11. The number of benzene rings is 1. The number of nitrogens with one attached hydrogen (secondary N) is 3. The van der Waals surface area contributed by atoms with Crippen molar-refractivity contribution in [2.45, 2.75) is 95.8 Å². The van der Waals surface area contributed by atoms with Gasteiger partial charge in [0.05, 0.1) is 24.0 Å². The standard InChI is InChI=1S/C28H35F6N7O2/c1-14(2)41-24(36-13-37-41)26(43)40-21(15-7-9-28(33,34)10-8-15)23-38-18-6-5-16(20(31)22(18)39-23)17(11-19(29)30)25(42)35-12-27(3,4)32/h5-6,13-15,17,19,21H,7-12H2,1-4H3,(H,35,42)(H,38,39)(H,40,43)/t17-,21+/m1/s1. The second kappa shape index (κ2) is 12.5. The number of halogens is 6. The number of carbonyl (C=O) groups excluding carboxylic acids is 2. The van der Waals surface area contributed by atoms with E-state index in [4.69, 9.17) is 0 Å². The Labute approximate surface area is 244 Å². The molecular weight excluding hydrogens is 580 g/mol. The van der Waals surface area contributed by atoms with Crippen molar-refractivity contribution in [3.8, 4) is 0 Å². The smallest absolute Gasteiger partial charge is 0.289 e. The molecule has 1 aromatic carbocycles. The molecule has 43 heavy (non-hydrogen) atoms. The zero-order valence-electron chi connectivity index (χ0n) is 24.2. The van der Waals surface area contributed by atoms with Crippen molar-refractivity contribution < 1.29 is 35.9 Å². The Bertz CT molecular complexity index is 1440. The molecule has 3 N–H and O–H groups in total. The van der Waals surface area contributed by atoms with Crippen LogP contribution in [0.4, 0.5) is 26.3 Å². The van der Waals surface area contributed by atoms with Gasteiger partial charge in [-0.15, -0.1) is 0 Å². The van der Waals surface area contributed by atoms with Crippen molar-refractivity contribution >= 4 is 22.8 Å². The Hall–Kier alpha value is -3.65. The molecule has 1 fully saturated rings. The van der Waals surface area contributed by atoms with Gasteiger partial charge in [-0.2, -0.15) is 5.10 Å². The van der Waals surface area contributed by atoms with E-state index in [2.05, 4.69) is 30.7 Å². The molecule has 4 rings (SSSR count). The lowest BCUT2D eigenvalue weighted by atomic mass is 9.81. The molecule has 0 unspecified atom stereocenters. The summed E-state index contributed by atoms with van der Waals surface area (Å²) < 4.78 is 86.1. The number of fused-ring (bicyclic) bond motifs is 1. The second-order valence-corrected chi connectivity index (χ2v) is 11.9. The van der Waals surface area contributed by atoms with Crippen LogP contribution in [-0.2, 0) is 4.79 Å². The van der Waals surface area contributed by atoms with Crippen LogP contribution in [0.15, 0.2) is 18.5 Å². The van der Waals surface area contributed by atoms with Crippen LogP contribution in [0.3, 0.4) is 0 Å². The normalized spacial score (nSPS) is 17.4. The van der Waals surface area contributed by atoms with Gasteiger partial charge in [-0.05, 0) is 52.5 Å². The summed E-state index contributed by atoms with van der Waals surface area (Å²) in [5, 5.41) is 9.10. The molecule has 0 bridgehead atoms. The summed E-state index contributed by atoms with van der Waals surface area (Å²) in [5.41, 5.74) is -2.32. The fourth-order valence-corrected chi connectivity index (χ4v) is 5.27. The molecule has 15 heteroatoms. The molecule has 3 aromatic rings. The molecule has 1 aliphatic carbocycles. The maximum atomic E-state index is 15.9. The number of H-pyrrole nitrogens is 1. The average molecular weight is 616 g/mol. The van der Waals surface area contributed by atoms with Crippen LogP contribution in [0.5, 0.6) is 0 Å². The van der Waals surface area contributed by atoms with Crippen LogP contribution >= 0.6 is 0 Å². The first-order valence-electron chi connectivity index (χ1n) is 14.1. The summed E-state index contributed by atoms with van der Waals surface area (Å²) >= 11 is 0. The van der Waals surface area contributed by atoms with Crippen molar-refractivity contribution in [2.24, 2.45) is 5.92 Å². The quantitative estimate of drug-likeness (QED) is 0.237. The molecule has 236 valence electrons. The van der Waals surface area contributed by atoms with Crippen molar-refractivity contribution in [2.75, 3.05) is 6.54 Å². The molecule has 2 amide bonds. The monoisotopic (exact) mass is 615 g/mol. The molecule has 9 nitrogen and oxygen atoms in total. The molecule has 1 saturated carbocycles. The first-order valence-corrected chi connectivity index (χ1v) is 14.1. The number of aromatic amines is 1. The molecule has 1 aliphatic rings. The molecule has 0 spiro atoms.